The summed E-state index contributed by atoms with van der Waals surface area (Å²) < 4.78 is 0. The number of hydrogen-bond acceptors (Lipinski definition) is 1. The van der Waals surface area contributed by atoms with Gasteiger partial charge in [-0.1, -0.05) is 44.9 Å². The van der Waals surface area contributed by atoms with Crippen LogP contribution < -0.4 is 5.73 Å². The topological polar surface area (TPSA) is 26.0 Å². The highest BCUT2D eigenvalue weighted by atomic mass is 14.8. The third-order valence-corrected chi connectivity index (χ3v) is 4.70. The summed E-state index contributed by atoms with van der Waals surface area (Å²) in [5.74, 6) is 3.01. The molecule has 1 nitrogen and oxygen atoms in total. The van der Waals surface area contributed by atoms with Gasteiger partial charge in [-0.25, -0.2) is 0 Å². The summed E-state index contributed by atoms with van der Waals surface area (Å²) in [6.45, 7) is 0. The van der Waals surface area contributed by atoms with E-state index in [2.05, 4.69) is 0 Å². The first-order chi connectivity index (χ1) is 7.23. The van der Waals surface area contributed by atoms with Gasteiger partial charge in [-0.15, -0.1) is 0 Å². The lowest BCUT2D eigenvalue weighted by atomic mass is 9.72. The van der Waals surface area contributed by atoms with Gasteiger partial charge in [-0.3, -0.25) is 0 Å². The number of nitrogens with two attached hydrogens (primary N) is 1. The van der Waals surface area contributed by atoms with E-state index in [0.29, 0.717) is 0 Å². The molecule has 0 atom stereocenters. The Hall–Kier alpha value is -0.0400. The fourth-order valence-electron chi connectivity index (χ4n) is 3.32. The molecular formula is C14H25N. The second kappa shape index (κ2) is 3.76. The standard InChI is InChI=1S/C14H25N/c15-14(9-12-4-5-12,10-13-6-7-13)8-11-2-1-3-11/h11-13H,1-10,15H2. The average Bonchev–Trinajstić information content (AvgIpc) is 2.94. The van der Waals surface area contributed by atoms with Crippen LogP contribution in [0.25, 0.3) is 0 Å². The fraction of sp³-hybridized carbons (Fsp3) is 1.00. The Morgan fingerprint density at radius 1 is 0.733 bits per heavy atom. The zero-order valence-corrected chi connectivity index (χ0v) is 9.88. The zero-order chi connectivity index (χ0) is 10.3. The highest BCUT2D eigenvalue weighted by Crippen LogP contribution is 2.46. The van der Waals surface area contributed by atoms with Crippen LogP contribution in [-0.2, 0) is 0 Å². The molecule has 0 aliphatic heterocycles. The van der Waals surface area contributed by atoms with Crippen molar-refractivity contribution in [2.24, 2.45) is 23.5 Å². The Morgan fingerprint density at radius 2 is 1.13 bits per heavy atom. The van der Waals surface area contributed by atoms with Crippen molar-refractivity contribution in [2.75, 3.05) is 0 Å². The summed E-state index contributed by atoms with van der Waals surface area (Å²) in [5.41, 5.74) is 6.93. The molecule has 3 saturated carbocycles. The summed E-state index contributed by atoms with van der Waals surface area (Å²) in [4.78, 5) is 0. The van der Waals surface area contributed by atoms with Gasteiger partial charge in [0, 0.05) is 5.54 Å². The molecule has 0 heterocycles. The summed E-state index contributed by atoms with van der Waals surface area (Å²) in [6.07, 6.45) is 14.3. The first kappa shape index (κ1) is 10.1. The molecule has 0 aromatic carbocycles. The maximum absolute atomic E-state index is 6.69. The molecule has 0 amide bonds. The van der Waals surface area contributed by atoms with Crippen LogP contribution in [-0.4, -0.2) is 5.54 Å². The van der Waals surface area contributed by atoms with Crippen molar-refractivity contribution < 1.29 is 0 Å². The zero-order valence-electron chi connectivity index (χ0n) is 9.88. The SMILES string of the molecule is NC(CC1CCC1)(CC1CC1)CC1CC1. The number of rotatable bonds is 6. The minimum Gasteiger partial charge on any atom is -0.325 e. The Kier molecular flexibility index (Phi) is 2.54. The second-order valence-corrected chi connectivity index (χ2v) is 6.66. The van der Waals surface area contributed by atoms with Gasteiger partial charge in [-0.2, -0.15) is 0 Å². The largest absolute Gasteiger partial charge is 0.325 e. The molecule has 3 fully saturated rings. The Labute approximate surface area is 93.8 Å². The lowest BCUT2D eigenvalue weighted by Gasteiger charge is -2.37. The lowest BCUT2D eigenvalue weighted by Crippen LogP contribution is -2.43. The summed E-state index contributed by atoms with van der Waals surface area (Å²) in [6, 6.07) is 0. The molecule has 3 aliphatic carbocycles. The summed E-state index contributed by atoms with van der Waals surface area (Å²) in [7, 11) is 0. The van der Waals surface area contributed by atoms with Crippen molar-refractivity contribution in [1.29, 1.82) is 0 Å². The van der Waals surface area contributed by atoms with Crippen molar-refractivity contribution in [2.45, 2.75) is 69.7 Å². The average molecular weight is 207 g/mol. The van der Waals surface area contributed by atoms with Crippen molar-refractivity contribution >= 4 is 0 Å². The van der Waals surface area contributed by atoms with Crippen LogP contribution in [0.1, 0.15) is 64.2 Å². The van der Waals surface area contributed by atoms with Crippen LogP contribution in [0.5, 0.6) is 0 Å². The maximum atomic E-state index is 6.69. The molecule has 1 heteroatoms. The molecule has 0 unspecified atom stereocenters. The highest BCUT2D eigenvalue weighted by Gasteiger charge is 2.40. The van der Waals surface area contributed by atoms with Gasteiger partial charge in [0.15, 0.2) is 0 Å². The number of hydrogen-bond donors (Lipinski definition) is 1. The molecular weight excluding hydrogens is 182 g/mol. The second-order valence-electron chi connectivity index (χ2n) is 6.66. The van der Waals surface area contributed by atoms with E-state index in [1.165, 1.54) is 64.2 Å². The van der Waals surface area contributed by atoms with Gasteiger partial charge >= 0.3 is 0 Å². The van der Waals surface area contributed by atoms with Crippen molar-refractivity contribution in [3.8, 4) is 0 Å². The van der Waals surface area contributed by atoms with Crippen LogP contribution in [0.3, 0.4) is 0 Å². The van der Waals surface area contributed by atoms with Gasteiger partial charge < -0.3 is 5.73 Å². The molecule has 3 rings (SSSR count). The Morgan fingerprint density at radius 3 is 1.40 bits per heavy atom. The van der Waals surface area contributed by atoms with Gasteiger partial charge in [0.2, 0.25) is 0 Å². The van der Waals surface area contributed by atoms with Gasteiger partial charge in [-0.05, 0) is 37.0 Å². The maximum Gasteiger partial charge on any atom is 0.0162 e. The molecule has 2 N–H and O–H groups in total. The molecule has 15 heavy (non-hydrogen) atoms. The van der Waals surface area contributed by atoms with Crippen LogP contribution in [0.4, 0.5) is 0 Å². The van der Waals surface area contributed by atoms with E-state index in [1.54, 1.807) is 0 Å². The molecule has 0 bridgehead atoms. The van der Waals surface area contributed by atoms with Crippen LogP contribution in [0.2, 0.25) is 0 Å². The van der Waals surface area contributed by atoms with E-state index in [1.807, 2.05) is 0 Å². The fourth-order valence-corrected chi connectivity index (χ4v) is 3.32. The molecule has 0 radical (unpaired) electrons. The molecule has 86 valence electrons. The van der Waals surface area contributed by atoms with Crippen LogP contribution >= 0.6 is 0 Å². The molecule has 3 aliphatic rings. The van der Waals surface area contributed by atoms with E-state index in [-0.39, 0.29) is 5.54 Å². The highest BCUT2D eigenvalue weighted by molar-refractivity contribution is 4.97. The summed E-state index contributed by atoms with van der Waals surface area (Å²) >= 11 is 0. The Balaban J connectivity index is 1.55. The molecule has 0 aromatic rings. The van der Waals surface area contributed by atoms with E-state index >= 15 is 0 Å². The first-order valence-corrected chi connectivity index (χ1v) is 7.02. The summed E-state index contributed by atoms with van der Waals surface area (Å²) in [5, 5.41) is 0. The predicted octanol–water partition coefficient (Wildman–Crippen LogP) is 3.47. The van der Waals surface area contributed by atoms with Crippen LogP contribution in [0.15, 0.2) is 0 Å². The van der Waals surface area contributed by atoms with Gasteiger partial charge in [0.05, 0.1) is 0 Å². The van der Waals surface area contributed by atoms with Crippen molar-refractivity contribution in [3.63, 3.8) is 0 Å². The third-order valence-electron chi connectivity index (χ3n) is 4.70. The van der Waals surface area contributed by atoms with E-state index in [9.17, 15) is 0 Å². The van der Waals surface area contributed by atoms with Crippen molar-refractivity contribution in [1.82, 2.24) is 0 Å². The molecule has 0 saturated heterocycles. The van der Waals surface area contributed by atoms with Crippen molar-refractivity contribution in [3.05, 3.63) is 0 Å². The third kappa shape index (κ3) is 2.75. The molecule has 0 aromatic heterocycles. The first-order valence-electron chi connectivity index (χ1n) is 7.02. The van der Waals surface area contributed by atoms with E-state index in [4.69, 9.17) is 5.73 Å². The smallest absolute Gasteiger partial charge is 0.0162 e. The van der Waals surface area contributed by atoms with Gasteiger partial charge in [0.1, 0.15) is 0 Å². The predicted molar refractivity (Wildman–Crippen MR) is 63.6 cm³/mol. The lowest BCUT2D eigenvalue weighted by molar-refractivity contribution is 0.195. The quantitative estimate of drug-likeness (QED) is 0.709. The monoisotopic (exact) mass is 207 g/mol. The normalized spacial score (nSPS) is 27.8. The van der Waals surface area contributed by atoms with E-state index < -0.39 is 0 Å². The minimum absolute atomic E-state index is 0.243. The van der Waals surface area contributed by atoms with Gasteiger partial charge in [0.25, 0.3) is 0 Å². The molecule has 0 spiro atoms. The van der Waals surface area contributed by atoms with E-state index in [0.717, 1.165) is 17.8 Å². The van der Waals surface area contributed by atoms with Crippen LogP contribution in [0, 0.1) is 17.8 Å². The Bertz CT molecular complexity index is 209. The minimum atomic E-state index is 0.243.